The molecule has 0 bridgehead atoms. The minimum Gasteiger partial charge on any atom is -0.341 e. The number of rotatable bonds is 1. The van der Waals surface area contributed by atoms with E-state index in [1.165, 1.54) is 25.7 Å². The van der Waals surface area contributed by atoms with Gasteiger partial charge in [0, 0.05) is 13.1 Å². The van der Waals surface area contributed by atoms with Crippen molar-refractivity contribution >= 4 is 5.91 Å². The molecule has 1 aliphatic carbocycles. The second-order valence-electron chi connectivity index (χ2n) is 6.24. The number of carbonyl (C=O) groups is 1. The molecule has 1 amide bonds. The van der Waals surface area contributed by atoms with Crippen LogP contribution in [0, 0.1) is 22.2 Å². The third-order valence-electron chi connectivity index (χ3n) is 4.59. The summed E-state index contributed by atoms with van der Waals surface area (Å²) in [7, 11) is 0. The van der Waals surface area contributed by atoms with Crippen LogP contribution in [0.5, 0.6) is 0 Å². The third-order valence-corrected chi connectivity index (χ3v) is 4.59. The summed E-state index contributed by atoms with van der Waals surface area (Å²) in [5.74, 6) is 0.00727. The molecule has 3 nitrogen and oxygen atoms in total. The first-order chi connectivity index (χ1) is 7.99. The summed E-state index contributed by atoms with van der Waals surface area (Å²) >= 11 is 0. The number of hydrogen-bond acceptors (Lipinski definition) is 2. The molecular formula is C14H22N2O. The molecule has 0 aromatic carbocycles. The summed E-state index contributed by atoms with van der Waals surface area (Å²) in [5, 5.41) is 9.00. The lowest BCUT2D eigenvalue weighted by atomic mass is 9.76. The van der Waals surface area contributed by atoms with Crippen molar-refractivity contribution in [1.82, 2.24) is 4.90 Å². The standard InChI is InChI=1S/C14H22N2O/c1-13(2,11-15)12(17)16-9-7-14(8-10-16)5-3-4-6-14/h3-10H2,1-2H3. The van der Waals surface area contributed by atoms with Gasteiger partial charge in [-0.05, 0) is 44.9 Å². The second kappa shape index (κ2) is 4.33. The van der Waals surface area contributed by atoms with E-state index in [4.69, 9.17) is 5.26 Å². The van der Waals surface area contributed by atoms with Crippen molar-refractivity contribution < 1.29 is 4.79 Å². The minimum absolute atomic E-state index is 0.00727. The summed E-state index contributed by atoms with van der Waals surface area (Å²) in [6.07, 6.45) is 7.68. The Bertz CT molecular complexity index is 338. The predicted octanol–water partition coefficient (Wildman–Crippen LogP) is 2.72. The Kier molecular flexibility index (Phi) is 3.16. The van der Waals surface area contributed by atoms with Crippen molar-refractivity contribution in [2.75, 3.05) is 13.1 Å². The molecule has 94 valence electrons. The Balaban J connectivity index is 1.95. The molecule has 2 fully saturated rings. The zero-order valence-corrected chi connectivity index (χ0v) is 11.0. The SMILES string of the molecule is CC(C)(C#N)C(=O)N1CCC2(CCCC2)CC1. The first kappa shape index (κ1) is 12.4. The largest absolute Gasteiger partial charge is 0.341 e. The molecule has 17 heavy (non-hydrogen) atoms. The molecule has 0 aromatic rings. The average molecular weight is 234 g/mol. The highest BCUT2D eigenvalue weighted by Crippen LogP contribution is 2.46. The Morgan fingerprint density at radius 3 is 2.18 bits per heavy atom. The van der Waals surface area contributed by atoms with Crippen LogP contribution in [-0.4, -0.2) is 23.9 Å². The summed E-state index contributed by atoms with van der Waals surface area (Å²) in [4.78, 5) is 14.1. The highest BCUT2D eigenvalue weighted by atomic mass is 16.2. The molecule has 1 aliphatic heterocycles. The molecule has 2 aliphatic rings. The van der Waals surface area contributed by atoms with Gasteiger partial charge in [-0.25, -0.2) is 0 Å². The molecule has 0 aromatic heterocycles. The molecule has 1 saturated carbocycles. The highest BCUT2D eigenvalue weighted by Gasteiger charge is 2.40. The van der Waals surface area contributed by atoms with Gasteiger partial charge in [-0.3, -0.25) is 4.79 Å². The Morgan fingerprint density at radius 1 is 1.18 bits per heavy atom. The van der Waals surface area contributed by atoms with Gasteiger partial charge in [0.05, 0.1) is 6.07 Å². The van der Waals surface area contributed by atoms with Crippen LogP contribution < -0.4 is 0 Å². The second-order valence-corrected chi connectivity index (χ2v) is 6.24. The van der Waals surface area contributed by atoms with Gasteiger partial charge in [0.25, 0.3) is 0 Å². The van der Waals surface area contributed by atoms with Gasteiger partial charge in [-0.15, -0.1) is 0 Å². The Morgan fingerprint density at radius 2 is 1.71 bits per heavy atom. The van der Waals surface area contributed by atoms with Crippen LogP contribution in [0.4, 0.5) is 0 Å². The molecule has 1 saturated heterocycles. The maximum absolute atomic E-state index is 12.2. The number of amides is 1. The summed E-state index contributed by atoms with van der Waals surface area (Å²) in [5.41, 5.74) is -0.326. The van der Waals surface area contributed by atoms with Crippen molar-refractivity contribution in [2.45, 2.75) is 52.4 Å². The molecule has 1 heterocycles. The van der Waals surface area contributed by atoms with Crippen LogP contribution in [0.15, 0.2) is 0 Å². The predicted molar refractivity (Wildman–Crippen MR) is 66.1 cm³/mol. The normalized spacial score (nSPS) is 23.7. The summed E-state index contributed by atoms with van der Waals surface area (Å²) in [6.45, 7) is 5.14. The number of likely N-dealkylation sites (tertiary alicyclic amines) is 1. The van der Waals surface area contributed by atoms with Crippen LogP contribution in [0.1, 0.15) is 52.4 Å². The average Bonchev–Trinajstić information content (AvgIpc) is 2.78. The summed E-state index contributed by atoms with van der Waals surface area (Å²) < 4.78 is 0. The van der Waals surface area contributed by atoms with Crippen molar-refractivity contribution in [3.8, 4) is 6.07 Å². The molecule has 1 spiro atoms. The van der Waals surface area contributed by atoms with Gasteiger partial charge >= 0.3 is 0 Å². The molecule has 3 heteroatoms. The highest BCUT2D eigenvalue weighted by molar-refractivity contribution is 5.84. The van der Waals surface area contributed by atoms with Crippen LogP contribution in [0.3, 0.4) is 0 Å². The van der Waals surface area contributed by atoms with Crippen molar-refractivity contribution in [2.24, 2.45) is 10.8 Å². The fraction of sp³-hybridized carbons (Fsp3) is 0.857. The summed E-state index contributed by atoms with van der Waals surface area (Å²) in [6, 6.07) is 2.11. The fourth-order valence-electron chi connectivity index (χ4n) is 3.25. The van der Waals surface area contributed by atoms with Crippen molar-refractivity contribution in [3.63, 3.8) is 0 Å². The number of nitriles is 1. The molecule has 0 radical (unpaired) electrons. The van der Waals surface area contributed by atoms with E-state index in [1.54, 1.807) is 13.8 Å². The van der Waals surface area contributed by atoms with Gasteiger partial charge in [0.2, 0.25) is 5.91 Å². The van der Waals surface area contributed by atoms with E-state index in [0.717, 1.165) is 25.9 Å². The van der Waals surface area contributed by atoms with Crippen LogP contribution >= 0.6 is 0 Å². The molecule has 0 N–H and O–H groups in total. The van der Waals surface area contributed by atoms with Gasteiger partial charge in [-0.1, -0.05) is 12.8 Å². The lowest BCUT2D eigenvalue weighted by molar-refractivity contribution is -0.139. The minimum atomic E-state index is -0.861. The Hall–Kier alpha value is -1.04. The fourth-order valence-corrected chi connectivity index (χ4v) is 3.25. The first-order valence-corrected chi connectivity index (χ1v) is 6.70. The van der Waals surface area contributed by atoms with Crippen LogP contribution in [-0.2, 0) is 4.79 Å². The number of piperidine rings is 1. The van der Waals surface area contributed by atoms with Crippen LogP contribution in [0.2, 0.25) is 0 Å². The van der Waals surface area contributed by atoms with E-state index < -0.39 is 5.41 Å². The van der Waals surface area contributed by atoms with E-state index in [1.807, 2.05) is 4.90 Å². The van der Waals surface area contributed by atoms with E-state index >= 15 is 0 Å². The number of carbonyl (C=O) groups excluding carboxylic acids is 1. The van der Waals surface area contributed by atoms with Gasteiger partial charge < -0.3 is 4.90 Å². The lowest BCUT2D eigenvalue weighted by Gasteiger charge is -2.40. The third kappa shape index (κ3) is 2.31. The van der Waals surface area contributed by atoms with Gasteiger partial charge in [0.1, 0.15) is 5.41 Å². The van der Waals surface area contributed by atoms with Gasteiger partial charge in [0.15, 0.2) is 0 Å². The van der Waals surface area contributed by atoms with Gasteiger partial charge in [-0.2, -0.15) is 5.26 Å². The molecule has 2 rings (SSSR count). The maximum atomic E-state index is 12.2. The first-order valence-electron chi connectivity index (χ1n) is 6.70. The zero-order chi connectivity index (χ0) is 12.5. The van der Waals surface area contributed by atoms with Crippen LogP contribution in [0.25, 0.3) is 0 Å². The van der Waals surface area contributed by atoms with E-state index in [9.17, 15) is 4.79 Å². The zero-order valence-electron chi connectivity index (χ0n) is 11.0. The number of hydrogen-bond donors (Lipinski definition) is 0. The topological polar surface area (TPSA) is 44.1 Å². The van der Waals surface area contributed by atoms with E-state index in [2.05, 4.69) is 6.07 Å². The molecule has 0 unspecified atom stereocenters. The van der Waals surface area contributed by atoms with Crippen molar-refractivity contribution in [1.29, 1.82) is 5.26 Å². The molecular weight excluding hydrogens is 212 g/mol. The monoisotopic (exact) mass is 234 g/mol. The quantitative estimate of drug-likeness (QED) is 0.700. The van der Waals surface area contributed by atoms with E-state index in [0.29, 0.717) is 5.41 Å². The Labute approximate surface area is 104 Å². The van der Waals surface area contributed by atoms with Crippen molar-refractivity contribution in [3.05, 3.63) is 0 Å². The maximum Gasteiger partial charge on any atom is 0.242 e. The number of nitrogens with zero attached hydrogens (tertiary/aromatic N) is 2. The lowest BCUT2D eigenvalue weighted by Crippen LogP contribution is -2.47. The van der Waals surface area contributed by atoms with E-state index in [-0.39, 0.29) is 5.91 Å². The molecule has 0 atom stereocenters. The smallest absolute Gasteiger partial charge is 0.242 e.